The lowest BCUT2D eigenvalue weighted by Crippen LogP contribution is -2.54. The molecule has 17 heavy (non-hydrogen) atoms. The van der Waals surface area contributed by atoms with Crippen molar-refractivity contribution < 1.29 is 5.11 Å². The lowest BCUT2D eigenvalue weighted by Gasteiger charge is -2.50. The minimum atomic E-state index is -0.467. The van der Waals surface area contributed by atoms with Crippen LogP contribution in [0, 0.1) is 17.3 Å². The van der Waals surface area contributed by atoms with Gasteiger partial charge in [0.2, 0.25) is 0 Å². The van der Waals surface area contributed by atoms with Crippen LogP contribution in [-0.4, -0.2) is 17.3 Å². The van der Waals surface area contributed by atoms with Gasteiger partial charge in [0.1, 0.15) is 0 Å². The van der Waals surface area contributed by atoms with Crippen molar-refractivity contribution in [2.24, 2.45) is 23.0 Å². The number of nitrogens with two attached hydrogens (primary N) is 1. The average molecular weight is 239 g/mol. The first-order valence-electron chi connectivity index (χ1n) is 7.45. The zero-order chi connectivity index (χ0) is 12.5. The van der Waals surface area contributed by atoms with Gasteiger partial charge in [-0.3, -0.25) is 0 Å². The number of hydrogen-bond acceptors (Lipinski definition) is 2. The summed E-state index contributed by atoms with van der Waals surface area (Å²) in [6.45, 7) is 5.26. The fraction of sp³-hybridized carbons (Fsp3) is 1.00. The molecule has 0 saturated heterocycles. The van der Waals surface area contributed by atoms with Crippen molar-refractivity contribution in [3.8, 4) is 0 Å². The second-order valence-corrected chi connectivity index (χ2v) is 6.82. The molecule has 2 nitrogen and oxygen atoms in total. The van der Waals surface area contributed by atoms with Crippen LogP contribution in [-0.2, 0) is 0 Å². The molecular weight excluding hydrogens is 210 g/mol. The molecule has 0 aromatic carbocycles. The molecule has 2 aliphatic carbocycles. The van der Waals surface area contributed by atoms with Crippen molar-refractivity contribution >= 4 is 0 Å². The van der Waals surface area contributed by atoms with E-state index in [9.17, 15) is 5.11 Å². The third kappa shape index (κ3) is 2.26. The third-order valence-corrected chi connectivity index (χ3v) is 5.65. The minimum Gasteiger partial charge on any atom is -0.389 e. The fourth-order valence-corrected chi connectivity index (χ4v) is 4.26. The molecule has 3 N–H and O–H groups in total. The van der Waals surface area contributed by atoms with Gasteiger partial charge in [0.25, 0.3) is 0 Å². The van der Waals surface area contributed by atoms with Crippen LogP contribution in [0.3, 0.4) is 0 Å². The van der Waals surface area contributed by atoms with E-state index in [0.29, 0.717) is 18.4 Å². The van der Waals surface area contributed by atoms with Crippen LogP contribution in [0.1, 0.15) is 65.2 Å². The maximum Gasteiger partial charge on any atom is 0.0718 e. The molecule has 2 rings (SSSR count). The maximum atomic E-state index is 11.2. The van der Waals surface area contributed by atoms with Gasteiger partial charge < -0.3 is 10.8 Å². The molecule has 0 radical (unpaired) electrons. The number of rotatable bonds is 3. The highest BCUT2D eigenvalue weighted by atomic mass is 16.3. The first-order valence-corrected chi connectivity index (χ1v) is 7.45. The highest BCUT2D eigenvalue weighted by Gasteiger charge is 2.52. The molecule has 0 amide bonds. The Kier molecular flexibility index (Phi) is 3.84. The summed E-state index contributed by atoms with van der Waals surface area (Å²) in [6, 6.07) is 0. The average Bonchev–Trinajstić information content (AvgIpc) is 2.79. The van der Waals surface area contributed by atoms with Crippen LogP contribution >= 0.6 is 0 Å². The van der Waals surface area contributed by atoms with E-state index in [0.717, 1.165) is 25.7 Å². The van der Waals surface area contributed by atoms with Gasteiger partial charge in [-0.1, -0.05) is 33.1 Å². The van der Waals surface area contributed by atoms with Gasteiger partial charge in [0.05, 0.1) is 5.60 Å². The van der Waals surface area contributed by atoms with Gasteiger partial charge in [-0.2, -0.15) is 0 Å². The van der Waals surface area contributed by atoms with E-state index < -0.39 is 5.60 Å². The molecule has 0 aromatic rings. The fourth-order valence-electron chi connectivity index (χ4n) is 4.26. The van der Waals surface area contributed by atoms with Gasteiger partial charge in [-0.05, 0) is 43.9 Å². The zero-order valence-corrected chi connectivity index (χ0v) is 11.5. The molecule has 0 spiro atoms. The van der Waals surface area contributed by atoms with Crippen molar-refractivity contribution in [3.05, 3.63) is 0 Å². The molecule has 0 heterocycles. The van der Waals surface area contributed by atoms with Crippen molar-refractivity contribution in [1.82, 2.24) is 0 Å². The highest BCUT2D eigenvalue weighted by Crippen LogP contribution is 2.53. The van der Waals surface area contributed by atoms with Crippen LogP contribution in [0.25, 0.3) is 0 Å². The summed E-state index contributed by atoms with van der Waals surface area (Å²) in [6.07, 6.45) is 9.24. The summed E-state index contributed by atoms with van der Waals surface area (Å²) in [4.78, 5) is 0. The molecule has 2 aliphatic rings. The minimum absolute atomic E-state index is 0.0422. The molecule has 2 fully saturated rings. The summed E-state index contributed by atoms with van der Waals surface area (Å²) in [5, 5.41) is 11.2. The Morgan fingerprint density at radius 2 is 1.82 bits per heavy atom. The maximum absolute atomic E-state index is 11.2. The largest absolute Gasteiger partial charge is 0.389 e. The summed E-state index contributed by atoms with van der Waals surface area (Å²) in [5.41, 5.74) is 5.62. The van der Waals surface area contributed by atoms with Crippen LogP contribution < -0.4 is 5.73 Å². The first-order chi connectivity index (χ1) is 8.03. The monoisotopic (exact) mass is 239 g/mol. The summed E-state index contributed by atoms with van der Waals surface area (Å²) < 4.78 is 0. The van der Waals surface area contributed by atoms with Crippen LogP contribution in [0.5, 0.6) is 0 Å². The standard InChI is InChI=1S/C15H29NO/c1-12(2)13-6-5-9-15(17,10-13)14(11-16)7-3-4-8-14/h12-13,17H,3-11,16H2,1-2H3. The molecule has 0 aliphatic heterocycles. The number of aliphatic hydroxyl groups is 1. The Balaban J connectivity index is 2.16. The Hall–Kier alpha value is -0.0800. The quantitative estimate of drug-likeness (QED) is 0.795. The van der Waals surface area contributed by atoms with Gasteiger partial charge in [0, 0.05) is 12.0 Å². The van der Waals surface area contributed by atoms with Crippen LogP contribution in [0.2, 0.25) is 0 Å². The molecular formula is C15H29NO. The molecule has 0 aromatic heterocycles. The SMILES string of the molecule is CC(C)C1CCCC(O)(C2(CN)CCCC2)C1. The highest BCUT2D eigenvalue weighted by molar-refractivity contribution is 5.04. The summed E-state index contributed by atoms with van der Waals surface area (Å²) >= 11 is 0. The normalized spacial score (nSPS) is 37.6. The summed E-state index contributed by atoms with van der Waals surface area (Å²) in [7, 11) is 0. The van der Waals surface area contributed by atoms with Gasteiger partial charge >= 0.3 is 0 Å². The molecule has 2 saturated carbocycles. The molecule has 100 valence electrons. The molecule has 2 heteroatoms. The second-order valence-electron chi connectivity index (χ2n) is 6.82. The van der Waals surface area contributed by atoms with E-state index in [-0.39, 0.29) is 5.41 Å². The van der Waals surface area contributed by atoms with Crippen LogP contribution in [0.15, 0.2) is 0 Å². The Morgan fingerprint density at radius 1 is 1.18 bits per heavy atom. The first kappa shape index (κ1) is 13.4. The lowest BCUT2D eigenvalue weighted by atomic mass is 9.60. The van der Waals surface area contributed by atoms with Crippen molar-refractivity contribution in [2.45, 2.75) is 70.8 Å². The van der Waals surface area contributed by atoms with E-state index in [1.165, 1.54) is 25.7 Å². The predicted octanol–water partition coefficient (Wildman–Crippen LogP) is 3.08. The van der Waals surface area contributed by atoms with Gasteiger partial charge in [-0.25, -0.2) is 0 Å². The predicted molar refractivity (Wildman–Crippen MR) is 71.7 cm³/mol. The van der Waals surface area contributed by atoms with E-state index in [1.807, 2.05) is 0 Å². The molecule has 0 bridgehead atoms. The van der Waals surface area contributed by atoms with E-state index in [1.54, 1.807) is 0 Å². The molecule has 2 unspecified atom stereocenters. The Morgan fingerprint density at radius 3 is 2.35 bits per heavy atom. The van der Waals surface area contributed by atoms with E-state index in [4.69, 9.17) is 5.73 Å². The van der Waals surface area contributed by atoms with Gasteiger partial charge in [0.15, 0.2) is 0 Å². The Labute approximate surface area is 106 Å². The van der Waals surface area contributed by atoms with Crippen molar-refractivity contribution in [1.29, 1.82) is 0 Å². The van der Waals surface area contributed by atoms with Gasteiger partial charge in [-0.15, -0.1) is 0 Å². The zero-order valence-electron chi connectivity index (χ0n) is 11.5. The van der Waals surface area contributed by atoms with Crippen molar-refractivity contribution in [3.63, 3.8) is 0 Å². The number of hydrogen-bond donors (Lipinski definition) is 2. The third-order valence-electron chi connectivity index (χ3n) is 5.65. The van der Waals surface area contributed by atoms with Crippen molar-refractivity contribution in [2.75, 3.05) is 6.54 Å². The smallest absolute Gasteiger partial charge is 0.0718 e. The molecule has 2 atom stereocenters. The van der Waals surface area contributed by atoms with Crippen LogP contribution in [0.4, 0.5) is 0 Å². The van der Waals surface area contributed by atoms with E-state index in [2.05, 4.69) is 13.8 Å². The second kappa shape index (κ2) is 4.89. The topological polar surface area (TPSA) is 46.2 Å². The Bertz CT molecular complexity index is 258. The lowest BCUT2D eigenvalue weighted by molar-refractivity contribution is -0.120. The summed E-state index contributed by atoms with van der Waals surface area (Å²) in [5.74, 6) is 1.39. The van der Waals surface area contributed by atoms with E-state index >= 15 is 0 Å².